The van der Waals surface area contributed by atoms with Crippen molar-refractivity contribution in [1.29, 1.82) is 0 Å². The number of halogens is 1. The summed E-state index contributed by atoms with van der Waals surface area (Å²) in [6.07, 6.45) is 1.42. The number of hydrogen-bond acceptors (Lipinski definition) is 7. The van der Waals surface area contributed by atoms with Gasteiger partial charge in [-0.25, -0.2) is 4.79 Å². The van der Waals surface area contributed by atoms with E-state index in [4.69, 9.17) is 20.8 Å². The lowest BCUT2D eigenvalue weighted by atomic mass is 10.2. The van der Waals surface area contributed by atoms with E-state index in [-0.39, 0.29) is 27.5 Å². The SMILES string of the molecule is COc1cc(/C=C(\Sc2nnc(-c3ccc(Cl)cc3)o2)C(=O)O)ccc1O. The summed E-state index contributed by atoms with van der Waals surface area (Å²) in [5.41, 5.74) is 1.20. The Kier molecular flexibility index (Phi) is 5.68. The lowest BCUT2D eigenvalue weighted by Crippen LogP contribution is -1.97. The molecule has 0 amide bonds. The van der Waals surface area contributed by atoms with E-state index in [1.165, 1.54) is 25.3 Å². The molecule has 0 fully saturated rings. The van der Waals surface area contributed by atoms with E-state index in [0.717, 1.165) is 11.8 Å². The van der Waals surface area contributed by atoms with Gasteiger partial charge in [0.05, 0.1) is 7.11 Å². The molecule has 2 aromatic carbocycles. The summed E-state index contributed by atoms with van der Waals surface area (Å²) in [4.78, 5) is 11.5. The summed E-state index contributed by atoms with van der Waals surface area (Å²) < 4.78 is 10.5. The molecule has 0 bridgehead atoms. The standard InChI is InChI=1S/C18H13ClN2O5S/c1-25-14-8-10(2-7-13(14)22)9-15(17(23)24)27-18-21-20-16(26-18)11-3-5-12(19)6-4-11/h2-9,22H,1H3,(H,23,24)/b15-9-. The molecule has 0 aliphatic carbocycles. The second-order valence-corrected chi connectivity index (χ2v) is 6.66. The number of nitrogens with zero attached hydrogens (tertiary/aromatic N) is 2. The molecule has 0 saturated carbocycles. The number of aliphatic carboxylic acids is 1. The maximum absolute atomic E-state index is 11.6. The number of carboxylic acid groups (broad SMARTS) is 1. The Morgan fingerprint density at radius 3 is 2.63 bits per heavy atom. The number of thioether (sulfide) groups is 1. The average Bonchev–Trinajstić information content (AvgIpc) is 3.11. The molecule has 0 aliphatic rings. The Morgan fingerprint density at radius 2 is 1.96 bits per heavy atom. The molecule has 9 heteroatoms. The molecule has 7 nitrogen and oxygen atoms in total. The smallest absolute Gasteiger partial charge is 0.342 e. The fourth-order valence-electron chi connectivity index (χ4n) is 2.12. The third kappa shape index (κ3) is 4.60. The van der Waals surface area contributed by atoms with Crippen molar-refractivity contribution in [3.05, 3.63) is 58.0 Å². The number of methoxy groups -OCH3 is 1. The topological polar surface area (TPSA) is 106 Å². The lowest BCUT2D eigenvalue weighted by molar-refractivity contribution is -0.131. The highest BCUT2D eigenvalue weighted by Crippen LogP contribution is 2.32. The van der Waals surface area contributed by atoms with Crippen molar-refractivity contribution in [1.82, 2.24) is 10.2 Å². The van der Waals surface area contributed by atoms with Crippen LogP contribution in [0.1, 0.15) is 5.56 Å². The highest BCUT2D eigenvalue weighted by Gasteiger charge is 2.16. The van der Waals surface area contributed by atoms with E-state index < -0.39 is 5.97 Å². The molecular formula is C18H13ClN2O5S. The van der Waals surface area contributed by atoms with E-state index in [1.807, 2.05) is 0 Å². The van der Waals surface area contributed by atoms with Gasteiger partial charge in [-0.2, -0.15) is 0 Å². The summed E-state index contributed by atoms with van der Waals surface area (Å²) in [7, 11) is 1.41. The normalized spacial score (nSPS) is 11.4. The van der Waals surface area contributed by atoms with Crippen molar-refractivity contribution in [3.63, 3.8) is 0 Å². The fourth-order valence-corrected chi connectivity index (χ4v) is 2.92. The zero-order valence-corrected chi connectivity index (χ0v) is 15.5. The second-order valence-electron chi connectivity index (χ2n) is 5.23. The van der Waals surface area contributed by atoms with Crippen molar-refractivity contribution in [2.75, 3.05) is 7.11 Å². The number of aromatic nitrogens is 2. The van der Waals surface area contributed by atoms with Gasteiger partial charge in [0.15, 0.2) is 11.5 Å². The van der Waals surface area contributed by atoms with Crippen LogP contribution in [-0.4, -0.2) is 33.5 Å². The van der Waals surface area contributed by atoms with Crippen molar-refractivity contribution >= 4 is 35.4 Å². The van der Waals surface area contributed by atoms with Gasteiger partial charge in [-0.3, -0.25) is 0 Å². The Balaban J connectivity index is 1.85. The van der Waals surface area contributed by atoms with Gasteiger partial charge in [0.1, 0.15) is 4.91 Å². The summed E-state index contributed by atoms with van der Waals surface area (Å²) >= 11 is 6.67. The van der Waals surface area contributed by atoms with Crippen LogP contribution in [0.3, 0.4) is 0 Å². The molecule has 27 heavy (non-hydrogen) atoms. The largest absolute Gasteiger partial charge is 0.504 e. The number of benzene rings is 2. The maximum Gasteiger partial charge on any atom is 0.342 e. The van der Waals surface area contributed by atoms with Crippen LogP contribution in [0.5, 0.6) is 11.5 Å². The molecule has 1 aromatic heterocycles. The number of hydrogen-bond donors (Lipinski definition) is 2. The predicted molar refractivity (Wildman–Crippen MR) is 101 cm³/mol. The van der Waals surface area contributed by atoms with Gasteiger partial charge in [-0.05, 0) is 59.8 Å². The molecule has 0 radical (unpaired) electrons. The van der Waals surface area contributed by atoms with E-state index in [9.17, 15) is 15.0 Å². The molecule has 1 heterocycles. The van der Waals surface area contributed by atoms with Crippen LogP contribution >= 0.6 is 23.4 Å². The quantitative estimate of drug-likeness (QED) is 0.462. The van der Waals surface area contributed by atoms with Gasteiger partial charge < -0.3 is 19.4 Å². The molecular weight excluding hydrogens is 392 g/mol. The first kappa shape index (κ1) is 18.8. The van der Waals surface area contributed by atoms with Crippen molar-refractivity contribution in [2.24, 2.45) is 0 Å². The average molecular weight is 405 g/mol. The Bertz CT molecular complexity index is 1000. The monoisotopic (exact) mass is 404 g/mol. The van der Waals surface area contributed by atoms with Crippen molar-refractivity contribution in [2.45, 2.75) is 5.22 Å². The summed E-state index contributed by atoms with van der Waals surface area (Å²) in [5, 5.41) is 27.5. The van der Waals surface area contributed by atoms with Gasteiger partial charge in [-0.1, -0.05) is 17.7 Å². The lowest BCUT2D eigenvalue weighted by Gasteiger charge is -2.04. The van der Waals surface area contributed by atoms with Gasteiger partial charge in [0, 0.05) is 10.6 Å². The van der Waals surface area contributed by atoms with Crippen LogP contribution in [-0.2, 0) is 4.79 Å². The van der Waals surface area contributed by atoms with Crippen molar-refractivity contribution < 1.29 is 24.2 Å². The number of phenolic OH excluding ortho intramolecular Hbond substituents is 1. The number of phenols is 1. The van der Waals surface area contributed by atoms with E-state index >= 15 is 0 Å². The van der Waals surface area contributed by atoms with Crippen molar-refractivity contribution in [3.8, 4) is 23.0 Å². The highest BCUT2D eigenvalue weighted by molar-refractivity contribution is 8.03. The Labute approximate surface area is 163 Å². The van der Waals surface area contributed by atoms with Crippen LogP contribution < -0.4 is 4.74 Å². The number of aromatic hydroxyl groups is 1. The molecule has 3 rings (SSSR count). The minimum absolute atomic E-state index is 0.0333. The minimum Gasteiger partial charge on any atom is -0.504 e. The summed E-state index contributed by atoms with van der Waals surface area (Å²) in [6.45, 7) is 0. The molecule has 0 unspecified atom stereocenters. The zero-order chi connectivity index (χ0) is 19.4. The number of rotatable bonds is 6. The van der Waals surface area contributed by atoms with Crippen LogP contribution in [0.25, 0.3) is 17.5 Å². The third-order valence-electron chi connectivity index (χ3n) is 3.41. The third-order valence-corrected chi connectivity index (χ3v) is 4.51. The van der Waals surface area contributed by atoms with Crippen LogP contribution in [0, 0.1) is 0 Å². The molecule has 138 valence electrons. The number of carboxylic acids is 1. The maximum atomic E-state index is 11.6. The summed E-state index contributed by atoms with van der Waals surface area (Å²) in [6, 6.07) is 11.3. The number of carbonyl (C=O) groups is 1. The summed E-state index contributed by atoms with van der Waals surface area (Å²) in [5.74, 6) is -0.700. The second kappa shape index (κ2) is 8.15. The van der Waals surface area contributed by atoms with E-state index in [1.54, 1.807) is 30.3 Å². The molecule has 0 saturated heterocycles. The van der Waals surface area contributed by atoms with E-state index in [2.05, 4.69) is 10.2 Å². The molecule has 0 spiro atoms. The van der Waals surface area contributed by atoms with Gasteiger partial charge >= 0.3 is 5.97 Å². The first-order chi connectivity index (χ1) is 13.0. The molecule has 0 atom stereocenters. The highest BCUT2D eigenvalue weighted by atomic mass is 35.5. The molecule has 0 aliphatic heterocycles. The van der Waals surface area contributed by atoms with Gasteiger partial charge in [-0.15, -0.1) is 10.2 Å². The minimum atomic E-state index is -1.15. The first-order valence-corrected chi connectivity index (χ1v) is 8.75. The number of ether oxygens (including phenoxy) is 1. The zero-order valence-electron chi connectivity index (χ0n) is 13.9. The van der Waals surface area contributed by atoms with E-state index in [0.29, 0.717) is 16.1 Å². The Morgan fingerprint density at radius 1 is 1.22 bits per heavy atom. The molecule has 2 N–H and O–H groups in total. The fraction of sp³-hybridized carbons (Fsp3) is 0.0556. The predicted octanol–water partition coefficient (Wildman–Crippen LogP) is 4.32. The molecule has 3 aromatic rings. The van der Waals surface area contributed by atoms with Crippen LogP contribution in [0.2, 0.25) is 5.02 Å². The van der Waals surface area contributed by atoms with Crippen LogP contribution in [0.4, 0.5) is 0 Å². The first-order valence-electron chi connectivity index (χ1n) is 7.55. The van der Waals surface area contributed by atoms with Gasteiger partial charge in [0.25, 0.3) is 5.22 Å². The van der Waals surface area contributed by atoms with Gasteiger partial charge in [0.2, 0.25) is 5.89 Å². The Hall–Kier alpha value is -2.97. The van der Waals surface area contributed by atoms with Crippen LogP contribution in [0.15, 0.2) is 57.0 Å².